The molecule has 0 radical (unpaired) electrons. The normalized spacial score (nSPS) is 15.2. The van der Waals surface area contributed by atoms with Gasteiger partial charge in [-0.2, -0.15) is 0 Å². The molecular weight excluding hydrogens is 372 g/mol. The molecule has 0 aliphatic carbocycles. The van der Waals surface area contributed by atoms with E-state index in [1.54, 1.807) is 0 Å². The Bertz CT molecular complexity index is 723. The van der Waals surface area contributed by atoms with E-state index >= 15 is 0 Å². The van der Waals surface area contributed by atoms with Crippen LogP contribution in [0.15, 0.2) is 72.3 Å². The summed E-state index contributed by atoms with van der Waals surface area (Å²) in [7, 11) is -2.46. The Labute approximate surface area is 178 Å². The molecule has 0 aliphatic rings. The Kier molecular flexibility index (Phi) is 8.44. The van der Waals surface area contributed by atoms with Crippen LogP contribution in [-0.2, 0) is 4.43 Å². The van der Waals surface area contributed by atoms with Gasteiger partial charge in [0.1, 0.15) is 0 Å². The third-order valence-corrected chi connectivity index (χ3v) is 10.6. The highest BCUT2D eigenvalue weighted by atomic mass is 28.4. The highest BCUT2D eigenvalue weighted by molar-refractivity contribution is 6.99. The van der Waals surface area contributed by atoms with E-state index in [1.165, 1.54) is 10.4 Å². The summed E-state index contributed by atoms with van der Waals surface area (Å²) in [5.74, 6) is 0.870. The number of hydrogen-bond donors (Lipinski definition) is 1. The van der Waals surface area contributed by atoms with Gasteiger partial charge in [0, 0.05) is 6.61 Å². The second-order valence-electron chi connectivity index (χ2n) is 9.46. The van der Waals surface area contributed by atoms with Crippen LogP contribution in [0.4, 0.5) is 0 Å². The van der Waals surface area contributed by atoms with Gasteiger partial charge < -0.3 is 9.53 Å². The van der Waals surface area contributed by atoms with Crippen molar-refractivity contribution < 1.29 is 9.53 Å². The lowest BCUT2D eigenvalue weighted by atomic mass is 9.96. The summed E-state index contributed by atoms with van der Waals surface area (Å²) in [4.78, 5) is 0. The molecule has 0 saturated carbocycles. The summed E-state index contributed by atoms with van der Waals surface area (Å²) in [5, 5.41) is 11.9. The monoisotopic (exact) mass is 410 g/mol. The fraction of sp³-hybridized carbons (Fsp3) is 0.462. The molecule has 29 heavy (non-hydrogen) atoms. The highest BCUT2D eigenvalue weighted by Gasteiger charge is 2.50. The SMILES string of the molecule is C/C(=C/[C@@H](C)C[C@@H](C)CO[Si](c1ccccc1)(c1ccccc1)C(C)(C)C)CO. The minimum Gasteiger partial charge on any atom is -0.407 e. The molecule has 2 nitrogen and oxygen atoms in total. The fourth-order valence-electron chi connectivity index (χ4n) is 4.34. The van der Waals surface area contributed by atoms with Gasteiger partial charge in [-0.05, 0) is 40.6 Å². The Morgan fingerprint density at radius 1 is 0.966 bits per heavy atom. The first kappa shape index (κ1) is 23.6. The van der Waals surface area contributed by atoms with Crippen molar-refractivity contribution in [3.63, 3.8) is 0 Å². The van der Waals surface area contributed by atoms with Gasteiger partial charge in [-0.3, -0.25) is 0 Å². The number of benzene rings is 2. The van der Waals surface area contributed by atoms with Crippen LogP contribution < -0.4 is 10.4 Å². The zero-order valence-corrected chi connectivity index (χ0v) is 20.0. The second kappa shape index (κ2) is 10.4. The largest absolute Gasteiger partial charge is 0.407 e. The molecule has 0 aliphatic heterocycles. The van der Waals surface area contributed by atoms with Gasteiger partial charge in [-0.15, -0.1) is 0 Å². The van der Waals surface area contributed by atoms with Gasteiger partial charge in [0.25, 0.3) is 8.32 Å². The Hall–Kier alpha value is -1.68. The van der Waals surface area contributed by atoms with Crippen LogP contribution in [0.5, 0.6) is 0 Å². The van der Waals surface area contributed by atoms with Crippen LogP contribution in [0, 0.1) is 11.8 Å². The first-order chi connectivity index (χ1) is 13.7. The van der Waals surface area contributed by atoms with Crippen molar-refractivity contribution in [2.24, 2.45) is 11.8 Å². The Morgan fingerprint density at radius 3 is 1.86 bits per heavy atom. The van der Waals surface area contributed by atoms with Crippen LogP contribution in [0.1, 0.15) is 48.0 Å². The van der Waals surface area contributed by atoms with Gasteiger partial charge >= 0.3 is 0 Å². The van der Waals surface area contributed by atoms with Crippen LogP contribution in [0.25, 0.3) is 0 Å². The predicted molar refractivity (Wildman–Crippen MR) is 127 cm³/mol. The molecule has 0 aromatic heterocycles. The van der Waals surface area contributed by atoms with E-state index < -0.39 is 8.32 Å². The molecule has 158 valence electrons. The number of rotatable bonds is 9. The summed E-state index contributed by atoms with van der Waals surface area (Å²) in [5.41, 5.74) is 1.04. The minimum atomic E-state index is -2.46. The molecule has 0 bridgehead atoms. The molecule has 2 aromatic rings. The molecular formula is C26H38O2Si. The zero-order chi connectivity index (χ0) is 21.5. The van der Waals surface area contributed by atoms with Crippen molar-refractivity contribution in [2.75, 3.05) is 13.2 Å². The third kappa shape index (κ3) is 5.91. The van der Waals surface area contributed by atoms with Gasteiger partial charge in [0.05, 0.1) is 6.61 Å². The molecule has 2 atom stereocenters. The van der Waals surface area contributed by atoms with Crippen molar-refractivity contribution in [1.29, 1.82) is 0 Å². The van der Waals surface area contributed by atoms with Gasteiger partial charge in [-0.1, -0.05) is 107 Å². The molecule has 0 amide bonds. The molecule has 2 rings (SSSR count). The second-order valence-corrected chi connectivity index (χ2v) is 13.8. The first-order valence-electron chi connectivity index (χ1n) is 10.7. The number of aliphatic hydroxyl groups is 1. The third-order valence-electron chi connectivity index (χ3n) is 5.59. The molecule has 1 N–H and O–H groups in total. The maximum atomic E-state index is 9.28. The molecule has 0 heterocycles. The summed E-state index contributed by atoms with van der Waals surface area (Å²) >= 11 is 0. The lowest BCUT2D eigenvalue weighted by Gasteiger charge is -2.43. The average Bonchev–Trinajstić information content (AvgIpc) is 2.68. The first-order valence-corrected chi connectivity index (χ1v) is 12.6. The summed E-state index contributed by atoms with van der Waals surface area (Å²) in [6.07, 6.45) is 3.23. The summed E-state index contributed by atoms with van der Waals surface area (Å²) in [6, 6.07) is 21.6. The topological polar surface area (TPSA) is 29.5 Å². The van der Waals surface area contributed by atoms with Crippen LogP contribution in [0.2, 0.25) is 5.04 Å². The van der Waals surface area contributed by atoms with Crippen molar-refractivity contribution in [3.05, 3.63) is 72.3 Å². The van der Waals surface area contributed by atoms with E-state index in [9.17, 15) is 5.11 Å². The lowest BCUT2D eigenvalue weighted by Crippen LogP contribution is -2.66. The van der Waals surface area contributed by atoms with E-state index in [0.717, 1.165) is 18.6 Å². The molecule has 0 saturated heterocycles. The zero-order valence-electron chi connectivity index (χ0n) is 19.0. The predicted octanol–water partition coefficient (Wildman–Crippen LogP) is 5.16. The van der Waals surface area contributed by atoms with E-state index in [2.05, 4.69) is 101 Å². The van der Waals surface area contributed by atoms with Crippen molar-refractivity contribution in [1.82, 2.24) is 0 Å². The van der Waals surface area contributed by atoms with Gasteiger partial charge in [-0.25, -0.2) is 0 Å². The van der Waals surface area contributed by atoms with Gasteiger partial charge in [0.2, 0.25) is 0 Å². The van der Waals surface area contributed by atoms with Crippen LogP contribution in [-0.4, -0.2) is 26.6 Å². The number of hydrogen-bond acceptors (Lipinski definition) is 2. The maximum absolute atomic E-state index is 9.28. The van der Waals surface area contributed by atoms with E-state index in [4.69, 9.17) is 4.43 Å². The quantitative estimate of drug-likeness (QED) is 0.457. The minimum absolute atomic E-state index is 0.00836. The highest BCUT2D eigenvalue weighted by Crippen LogP contribution is 2.37. The Balaban J connectivity index is 2.34. The Morgan fingerprint density at radius 2 is 1.45 bits per heavy atom. The van der Waals surface area contributed by atoms with Crippen molar-refractivity contribution in [2.45, 2.75) is 53.0 Å². The van der Waals surface area contributed by atoms with Crippen LogP contribution in [0.3, 0.4) is 0 Å². The van der Waals surface area contributed by atoms with Crippen molar-refractivity contribution in [3.8, 4) is 0 Å². The molecule has 0 unspecified atom stereocenters. The summed E-state index contributed by atoms with van der Waals surface area (Å²) in [6.45, 7) is 14.3. The van der Waals surface area contributed by atoms with E-state index in [-0.39, 0.29) is 11.6 Å². The standard InChI is InChI=1S/C26H38O2Si/c1-21(17-22(2)19-27)18-23(3)20-28-29(26(4,5)6,24-13-9-7-10-14-24)25-15-11-8-12-16-25/h7-17,21,23,27H,18-20H2,1-6H3/b22-17-/t21-,23-/m1/s1. The smallest absolute Gasteiger partial charge is 0.261 e. The van der Waals surface area contributed by atoms with Crippen LogP contribution >= 0.6 is 0 Å². The average molecular weight is 411 g/mol. The molecule has 0 fully saturated rings. The molecule has 3 heteroatoms. The van der Waals surface area contributed by atoms with E-state index in [0.29, 0.717) is 11.8 Å². The van der Waals surface area contributed by atoms with Gasteiger partial charge in [0.15, 0.2) is 0 Å². The number of aliphatic hydroxyl groups excluding tert-OH is 1. The molecule has 2 aromatic carbocycles. The van der Waals surface area contributed by atoms with E-state index in [1.807, 2.05) is 6.92 Å². The lowest BCUT2D eigenvalue weighted by molar-refractivity contribution is 0.229. The summed E-state index contributed by atoms with van der Waals surface area (Å²) < 4.78 is 7.03. The number of allylic oxidation sites excluding steroid dienone is 1. The maximum Gasteiger partial charge on any atom is 0.261 e. The molecule has 0 spiro atoms. The van der Waals surface area contributed by atoms with Crippen molar-refractivity contribution >= 4 is 18.7 Å². The fourth-order valence-corrected chi connectivity index (χ4v) is 9.03.